The van der Waals surface area contributed by atoms with Gasteiger partial charge in [0.15, 0.2) is 0 Å². The van der Waals surface area contributed by atoms with E-state index in [1.165, 1.54) is 0 Å². The van der Waals surface area contributed by atoms with Crippen LogP contribution in [0, 0.1) is 0 Å². The van der Waals surface area contributed by atoms with Gasteiger partial charge >= 0.3 is 0 Å². The maximum Gasteiger partial charge on any atom is 0.132 e. The Morgan fingerprint density at radius 2 is 1.90 bits per heavy atom. The van der Waals surface area contributed by atoms with Gasteiger partial charge in [0.05, 0.1) is 7.11 Å². The Morgan fingerprint density at radius 3 is 2.38 bits per heavy atom. The molecule has 0 atom stereocenters. The molecular weight excluding hydrogens is 262 g/mol. The maximum atomic E-state index is 6.41. The van der Waals surface area contributed by atoms with Gasteiger partial charge in [-0.2, -0.15) is 0 Å². The first kappa shape index (κ1) is 15.4. The molecule has 1 heterocycles. The van der Waals surface area contributed by atoms with Crippen molar-refractivity contribution in [3.63, 3.8) is 0 Å². The van der Waals surface area contributed by atoms with Crippen LogP contribution in [0.25, 0.3) is 11.3 Å². The summed E-state index contributed by atoms with van der Waals surface area (Å²) in [4.78, 5) is 4.80. The average molecular weight is 287 g/mol. The number of imidazole rings is 1. The molecule has 114 valence electrons. The molecule has 0 amide bonds. The average Bonchev–Trinajstić information content (AvgIpc) is 2.76. The highest BCUT2D eigenvalue weighted by molar-refractivity contribution is 5.72. The Bertz CT molecular complexity index is 636. The minimum absolute atomic E-state index is 0.103. The molecule has 2 N–H and O–H groups in total. The Morgan fingerprint density at radius 1 is 1.24 bits per heavy atom. The van der Waals surface area contributed by atoms with Gasteiger partial charge in [-0.25, -0.2) is 4.98 Å². The summed E-state index contributed by atoms with van der Waals surface area (Å²) in [5, 5.41) is 0. The Labute approximate surface area is 127 Å². The smallest absolute Gasteiger partial charge is 0.132 e. The van der Waals surface area contributed by atoms with Crippen LogP contribution in [0.5, 0.6) is 5.75 Å². The molecular formula is C17H25N3O. The van der Waals surface area contributed by atoms with Crippen molar-refractivity contribution in [1.29, 1.82) is 0 Å². The number of hydrogen-bond acceptors (Lipinski definition) is 3. The lowest BCUT2D eigenvalue weighted by Gasteiger charge is -2.26. The summed E-state index contributed by atoms with van der Waals surface area (Å²) in [5.74, 6) is 2.84. The lowest BCUT2D eigenvalue weighted by atomic mass is 10.1. The fraction of sp³-hybridized carbons (Fsp3) is 0.471. The SMILES string of the molecule is COc1cccc(-c2nc(C(C)C)n(C(C)(C)C)c2N)c1. The summed E-state index contributed by atoms with van der Waals surface area (Å²) in [6.45, 7) is 10.7. The summed E-state index contributed by atoms with van der Waals surface area (Å²) in [7, 11) is 1.66. The van der Waals surface area contributed by atoms with Crippen molar-refractivity contribution in [2.45, 2.75) is 46.1 Å². The summed E-state index contributed by atoms with van der Waals surface area (Å²) in [6.07, 6.45) is 0. The first-order valence-electron chi connectivity index (χ1n) is 7.28. The lowest BCUT2D eigenvalue weighted by Crippen LogP contribution is -2.26. The fourth-order valence-corrected chi connectivity index (χ4v) is 2.53. The van der Waals surface area contributed by atoms with E-state index in [-0.39, 0.29) is 5.54 Å². The number of rotatable bonds is 3. The van der Waals surface area contributed by atoms with E-state index in [4.69, 9.17) is 15.5 Å². The van der Waals surface area contributed by atoms with Crippen LogP contribution >= 0.6 is 0 Å². The van der Waals surface area contributed by atoms with E-state index in [1.807, 2.05) is 24.3 Å². The predicted octanol–water partition coefficient (Wildman–Crippen LogP) is 4.02. The van der Waals surface area contributed by atoms with Gasteiger partial charge in [-0.05, 0) is 32.9 Å². The zero-order valence-electron chi connectivity index (χ0n) is 13.8. The van der Waals surface area contributed by atoms with Gasteiger partial charge in [-0.15, -0.1) is 0 Å². The zero-order valence-corrected chi connectivity index (χ0v) is 13.8. The minimum atomic E-state index is -0.103. The van der Waals surface area contributed by atoms with Crippen LogP contribution in [-0.4, -0.2) is 16.7 Å². The van der Waals surface area contributed by atoms with Gasteiger partial charge in [0.1, 0.15) is 23.1 Å². The third-order valence-electron chi connectivity index (χ3n) is 3.47. The molecule has 21 heavy (non-hydrogen) atoms. The van der Waals surface area contributed by atoms with Gasteiger partial charge in [0.25, 0.3) is 0 Å². The van der Waals surface area contributed by atoms with Crippen LogP contribution in [0.4, 0.5) is 5.82 Å². The highest BCUT2D eigenvalue weighted by Gasteiger charge is 2.25. The van der Waals surface area contributed by atoms with E-state index in [1.54, 1.807) is 7.11 Å². The number of anilines is 1. The number of methoxy groups -OCH3 is 1. The molecule has 4 nitrogen and oxygen atoms in total. The molecule has 4 heteroatoms. The van der Waals surface area contributed by atoms with Crippen molar-refractivity contribution in [3.8, 4) is 17.0 Å². The topological polar surface area (TPSA) is 53.1 Å². The van der Waals surface area contributed by atoms with Crippen molar-refractivity contribution in [1.82, 2.24) is 9.55 Å². The quantitative estimate of drug-likeness (QED) is 0.927. The molecule has 0 aliphatic carbocycles. The molecule has 0 unspecified atom stereocenters. The molecule has 1 aromatic heterocycles. The second-order valence-corrected chi connectivity index (χ2v) is 6.60. The van der Waals surface area contributed by atoms with E-state index in [0.717, 1.165) is 22.8 Å². The van der Waals surface area contributed by atoms with E-state index < -0.39 is 0 Å². The molecule has 0 saturated heterocycles. The van der Waals surface area contributed by atoms with Gasteiger partial charge in [-0.1, -0.05) is 26.0 Å². The highest BCUT2D eigenvalue weighted by atomic mass is 16.5. The van der Waals surface area contributed by atoms with E-state index in [0.29, 0.717) is 11.7 Å². The molecule has 0 aliphatic heterocycles. The maximum absolute atomic E-state index is 6.41. The molecule has 1 aromatic carbocycles. The van der Waals surface area contributed by atoms with Crippen LogP contribution < -0.4 is 10.5 Å². The number of aromatic nitrogens is 2. The summed E-state index contributed by atoms with van der Waals surface area (Å²) < 4.78 is 7.42. The minimum Gasteiger partial charge on any atom is -0.497 e. The molecule has 0 bridgehead atoms. The summed E-state index contributed by atoms with van der Waals surface area (Å²) >= 11 is 0. The highest BCUT2D eigenvalue weighted by Crippen LogP contribution is 2.35. The second-order valence-electron chi connectivity index (χ2n) is 6.60. The van der Waals surface area contributed by atoms with Gasteiger partial charge in [0.2, 0.25) is 0 Å². The first-order chi connectivity index (χ1) is 9.75. The van der Waals surface area contributed by atoms with E-state index >= 15 is 0 Å². The Kier molecular flexibility index (Phi) is 3.99. The van der Waals surface area contributed by atoms with Crippen LogP contribution in [-0.2, 0) is 5.54 Å². The van der Waals surface area contributed by atoms with Gasteiger partial charge in [0, 0.05) is 17.0 Å². The molecule has 2 rings (SSSR count). The lowest BCUT2D eigenvalue weighted by molar-refractivity contribution is 0.382. The third kappa shape index (κ3) is 2.89. The predicted molar refractivity (Wildman–Crippen MR) is 87.7 cm³/mol. The van der Waals surface area contributed by atoms with Crippen LogP contribution in [0.15, 0.2) is 24.3 Å². The molecule has 0 aliphatic rings. The number of nitrogens with two attached hydrogens (primary N) is 1. The first-order valence-corrected chi connectivity index (χ1v) is 7.28. The largest absolute Gasteiger partial charge is 0.497 e. The normalized spacial score (nSPS) is 12.0. The molecule has 2 aromatic rings. The number of nitrogens with zero attached hydrogens (tertiary/aromatic N) is 2. The van der Waals surface area contributed by atoms with Crippen LogP contribution in [0.3, 0.4) is 0 Å². The van der Waals surface area contributed by atoms with Crippen molar-refractivity contribution < 1.29 is 4.74 Å². The van der Waals surface area contributed by atoms with E-state index in [9.17, 15) is 0 Å². The number of nitrogen functional groups attached to an aromatic ring is 1. The molecule has 0 spiro atoms. The molecule has 0 radical (unpaired) electrons. The molecule has 0 saturated carbocycles. The van der Waals surface area contributed by atoms with Crippen molar-refractivity contribution in [3.05, 3.63) is 30.1 Å². The van der Waals surface area contributed by atoms with Crippen LogP contribution in [0.1, 0.15) is 46.4 Å². The summed E-state index contributed by atoms with van der Waals surface area (Å²) in [6, 6.07) is 7.86. The number of benzene rings is 1. The molecule has 0 fully saturated rings. The third-order valence-corrected chi connectivity index (χ3v) is 3.47. The monoisotopic (exact) mass is 287 g/mol. The summed E-state index contributed by atoms with van der Waals surface area (Å²) in [5.41, 5.74) is 8.12. The van der Waals surface area contributed by atoms with Crippen molar-refractivity contribution in [2.24, 2.45) is 0 Å². The van der Waals surface area contributed by atoms with Gasteiger partial charge in [-0.3, -0.25) is 0 Å². The van der Waals surface area contributed by atoms with Gasteiger partial charge < -0.3 is 15.0 Å². The van der Waals surface area contributed by atoms with Crippen LogP contribution in [0.2, 0.25) is 0 Å². The van der Waals surface area contributed by atoms with Crippen molar-refractivity contribution >= 4 is 5.82 Å². The Balaban J connectivity index is 2.65. The van der Waals surface area contributed by atoms with E-state index in [2.05, 4.69) is 39.2 Å². The van der Waals surface area contributed by atoms with Crippen molar-refractivity contribution in [2.75, 3.05) is 12.8 Å². The fourth-order valence-electron chi connectivity index (χ4n) is 2.53. The standard InChI is InChI=1S/C17H25N3O/c1-11(2)16-19-14(15(18)20(16)17(3,4)5)12-8-7-9-13(10-12)21-6/h7-11H,18H2,1-6H3. The zero-order chi connectivity index (χ0) is 15.8. The Hall–Kier alpha value is -1.97. The second kappa shape index (κ2) is 5.43. The number of ether oxygens (including phenoxy) is 1. The number of hydrogen-bond donors (Lipinski definition) is 1.